The molecule has 0 saturated heterocycles. The van der Waals surface area contributed by atoms with Crippen LogP contribution in [0.1, 0.15) is 34.6 Å². The zero-order chi connectivity index (χ0) is 20.1. The normalized spacial score (nSPS) is 11.7. The van der Waals surface area contributed by atoms with Crippen LogP contribution in [0, 0.1) is 0 Å². The van der Waals surface area contributed by atoms with E-state index >= 15 is 0 Å². The van der Waals surface area contributed by atoms with Crippen LogP contribution in [0.2, 0.25) is 0 Å². The van der Waals surface area contributed by atoms with Crippen molar-refractivity contribution in [2.24, 2.45) is 0 Å². The Balaban J connectivity index is 1.85. The molecule has 0 spiro atoms. The van der Waals surface area contributed by atoms with Crippen LogP contribution in [0.5, 0.6) is 5.75 Å². The largest absolute Gasteiger partial charge is 0.496 e. The quantitative estimate of drug-likeness (QED) is 0.662. The van der Waals surface area contributed by atoms with Gasteiger partial charge in [0.2, 0.25) is 0 Å². The van der Waals surface area contributed by atoms with Crippen molar-refractivity contribution in [3.63, 3.8) is 0 Å². The number of methoxy groups -OCH3 is 1. The van der Waals surface area contributed by atoms with E-state index in [0.29, 0.717) is 6.54 Å². The Bertz CT molecular complexity index is 1010. The molecule has 2 aromatic carbocycles. The average Bonchev–Trinajstić information content (AvgIpc) is 2.74. The second-order valence-electron chi connectivity index (χ2n) is 6.53. The number of benzene rings is 2. The van der Waals surface area contributed by atoms with Crippen LogP contribution < -0.4 is 10.3 Å². The van der Waals surface area contributed by atoms with Gasteiger partial charge in [-0.25, -0.2) is 4.68 Å². The number of carbonyl (C=O) groups excluding carboxylic acids is 1. The van der Waals surface area contributed by atoms with E-state index in [-0.39, 0.29) is 23.2 Å². The van der Waals surface area contributed by atoms with E-state index in [4.69, 9.17) is 4.74 Å². The fourth-order valence-corrected chi connectivity index (χ4v) is 3.01. The van der Waals surface area contributed by atoms with Gasteiger partial charge in [-0.1, -0.05) is 48.5 Å². The maximum Gasteiger partial charge on any atom is 0.274 e. The van der Waals surface area contributed by atoms with E-state index in [1.165, 1.54) is 16.8 Å². The molecule has 6 nitrogen and oxygen atoms in total. The Morgan fingerprint density at radius 1 is 1.07 bits per heavy atom. The lowest BCUT2D eigenvalue weighted by molar-refractivity contribution is 0.0732. The molecule has 1 atom stereocenters. The van der Waals surface area contributed by atoms with E-state index in [2.05, 4.69) is 5.10 Å². The highest BCUT2D eigenvalue weighted by molar-refractivity contribution is 5.92. The van der Waals surface area contributed by atoms with Crippen molar-refractivity contribution >= 4 is 5.91 Å². The Morgan fingerprint density at radius 3 is 2.46 bits per heavy atom. The molecule has 0 N–H and O–H groups in total. The predicted molar refractivity (Wildman–Crippen MR) is 108 cm³/mol. The molecule has 0 saturated carbocycles. The zero-order valence-electron chi connectivity index (χ0n) is 16.2. The fraction of sp³-hybridized carbons (Fsp3) is 0.227. The number of amides is 1. The van der Waals surface area contributed by atoms with Gasteiger partial charge in [-0.05, 0) is 24.6 Å². The second kappa shape index (κ2) is 8.52. The molecule has 144 valence electrons. The molecular formula is C22H23N3O3. The van der Waals surface area contributed by atoms with Gasteiger partial charge in [0.15, 0.2) is 0 Å². The third kappa shape index (κ3) is 4.11. The lowest BCUT2D eigenvalue weighted by Crippen LogP contribution is -2.33. The minimum Gasteiger partial charge on any atom is -0.496 e. The predicted octanol–water partition coefficient (Wildman–Crippen LogP) is 3.13. The third-order valence-electron chi connectivity index (χ3n) is 4.75. The number of carbonyl (C=O) groups is 1. The summed E-state index contributed by atoms with van der Waals surface area (Å²) in [4.78, 5) is 26.7. The number of ether oxygens (including phenoxy) is 1. The van der Waals surface area contributed by atoms with Gasteiger partial charge < -0.3 is 9.64 Å². The van der Waals surface area contributed by atoms with Crippen molar-refractivity contribution in [2.75, 3.05) is 14.2 Å². The van der Waals surface area contributed by atoms with Gasteiger partial charge in [-0.15, -0.1) is 0 Å². The molecule has 1 heterocycles. The molecule has 6 heteroatoms. The maximum absolute atomic E-state index is 13.0. The van der Waals surface area contributed by atoms with E-state index < -0.39 is 0 Å². The monoisotopic (exact) mass is 377 g/mol. The van der Waals surface area contributed by atoms with Crippen molar-refractivity contribution in [1.29, 1.82) is 0 Å². The van der Waals surface area contributed by atoms with Crippen molar-refractivity contribution in [3.05, 3.63) is 93.9 Å². The summed E-state index contributed by atoms with van der Waals surface area (Å²) >= 11 is 0. The molecule has 0 aliphatic carbocycles. The number of para-hydroxylation sites is 1. The van der Waals surface area contributed by atoms with Crippen LogP contribution in [-0.4, -0.2) is 34.7 Å². The van der Waals surface area contributed by atoms with Crippen molar-refractivity contribution in [3.8, 4) is 5.75 Å². The summed E-state index contributed by atoms with van der Waals surface area (Å²) in [6.07, 6.45) is 0. The van der Waals surface area contributed by atoms with Crippen LogP contribution in [-0.2, 0) is 6.54 Å². The molecule has 0 aliphatic heterocycles. The van der Waals surface area contributed by atoms with Crippen molar-refractivity contribution < 1.29 is 9.53 Å². The van der Waals surface area contributed by atoms with Gasteiger partial charge in [0.25, 0.3) is 11.5 Å². The van der Waals surface area contributed by atoms with Gasteiger partial charge in [0, 0.05) is 18.7 Å². The number of aromatic nitrogens is 2. The van der Waals surface area contributed by atoms with Gasteiger partial charge in [-0.2, -0.15) is 5.10 Å². The van der Waals surface area contributed by atoms with Crippen molar-refractivity contribution in [1.82, 2.24) is 14.7 Å². The van der Waals surface area contributed by atoms with E-state index in [9.17, 15) is 9.59 Å². The summed E-state index contributed by atoms with van der Waals surface area (Å²) < 4.78 is 6.71. The molecule has 0 fully saturated rings. The molecular weight excluding hydrogens is 354 g/mol. The van der Waals surface area contributed by atoms with Crippen LogP contribution in [0.15, 0.2) is 71.5 Å². The topological polar surface area (TPSA) is 64.4 Å². The molecule has 0 radical (unpaired) electrons. The fourth-order valence-electron chi connectivity index (χ4n) is 3.01. The number of hydrogen-bond donors (Lipinski definition) is 0. The van der Waals surface area contributed by atoms with Gasteiger partial charge in [0.05, 0.1) is 19.7 Å². The van der Waals surface area contributed by atoms with Gasteiger partial charge >= 0.3 is 0 Å². The summed E-state index contributed by atoms with van der Waals surface area (Å²) in [5.41, 5.74) is 1.82. The van der Waals surface area contributed by atoms with Gasteiger partial charge in [0.1, 0.15) is 11.4 Å². The summed E-state index contributed by atoms with van der Waals surface area (Å²) in [5.74, 6) is 0.455. The lowest BCUT2D eigenvalue weighted by Gasteiger charge is -2.26. The van der Waals surface area contributed by atoms with E-state index in [1.807, 2.05) is 61.5 Å². The number of rotatable bonds is 6. The van der Waals surface area contributed by atoms with Crippen LogP contribution in [0.4, 0.5) is 0 Å². The highest BCUT2D eigenvalue weighted by Gasteiger charge is 2.23. The minimum atomic E-state index is -0.264. The molecule has 28 heavy (non-hydrogen) atoms. The van der Waals surface area contributed by atoms with Crippen molar-refractivity contribution in [2.45, 2.75) is 19.5 Å². The maximum atomic E-state index is 13.0. The average molecular weight is 377 g/mol. The number of hydrogen-bond acceptors (Lipinski definition) is 4. The molecule has 1 amide bonds. The number of nitrogens with zero attached hydrogens (tertiary/aromatic N) is 3. The highest BCUT2D eigenvalue weighted by atomic mass is 16.5. The van der Waals surface area contributed by atoms with Crippen LogP contribution in [0.25, 0.3) is 0 Å². The van der Waals surface area contributed by atoms with Gasteiger partial charge in [-0.3, -0.25) is 9.59 Å². The molecule has 3 rings (SSSR count). The first kappa shape index (κ1) is 19.4. The Morgan fingerprint density at radius 2 is 1.75 bits per heavy atom. The first-order valence-corrected chi connectivity index (χ1v) is 9.03. The molecule has 1 aromatic heterocycles. The summed E-state index contributed by atoms with van der Waals surface area (Å²) in [5, 5.41) is 4.29. The van der Waals surface area contributed by atoms with E-state index in [1.54, 1.807) is 19.1 Å². The minimum absolute atomic E-state index is 0.222. The Hall–Kier alpha value is -3.41. The zero-order valence-corrected chi connectivity index (χ0v) is 16.2. The SMILES string of the molecule is COc1ccccc1C(C)N(C)C(=O)c1ccc(=O)n(Cc2ccccc2)n1. The molecule has 1 unspecified atom stereocenters. The molecule has 0 aliphatic rings. The summed E-state index contributed by atoms with van der Waals surface area (Å²) in [6.45, 7) is 2.24. The first-order chi connectivity index (χ1) is 13.5. The third-order valence-corrected chi connectivity index (χ3v) is 4.75. The second-order valence-corrected chi connectivity index (χ2v) is 6.53. The van der Waals surface area contributed by atoms with Crippen LogP contribution >= 0.6 is 0 Å². The standard InChI is InChI=1S/C22H23N3O3/c1-16(18-11-7-8-12-20(18)28-3)24(2)22(27)19-13-14-21(26)25(23-19)15-17-9-5-4-6-10-17/h4-14,16H,15H2,1-3H3. The summed E-state index contributed by atoms with van der Waals surface area (Å²) in [7, 11) is 3.32. The molecule has 3 aromatic rings. The Kier molecular flexibility index (Phi) is 5.89. The lowest BCUT2D eigenvalue weighted by atomic mass is 10.1. The summed E-state index contributed by atoms with van der Waals surface area (Å²) in [6, 6.07) is 19.8. The molecule has 0 bridgehead atoms. The Labute approximate surface area is 164 Å². The first-order valence-electron chi connectivity index (χ1n) is 9.03. The smallest absolute Gasteiger partial charge is 0.274 e. The van der Waals surface area contributed by atoms with E-state index in [0.717, 1.165) is 16.9 Å². The highest BCUT2D eigenvalue weighted by Crippen LogP contribution is 2.28. The van der Waals surface area contributed by atoms with Crippen LogP contribution in [0.3, 0.4) is 0 Å².